The van der Waals surface area contributed by atoms with Crippen LogP contribution in [0.5, 0.6) is 17.2 Å². The third-order valence-corrected chi connectivity index (χ3v) is 5.84. The first-order valence-corrected chi connectivity index (χ1v) is 11.9. The first-order valence-electron chi connectivity index (χ1n) is 11.9. The summed E-state index contributed by atoms with van der Waals surface area (Å²) in [5, 5.41) is 4.05. The van der Waals surface area contributed by atoms with Crippen LogP contribution in [-0.4, -0.2) is 38.3 Å². The van der Waals surface area contributed by atoms with Gasteiger partial charge in [-0.1, -0.05) is 12.1 Å². The highest BCUT2D eigenvalue weighted by molar-refractivity contribution is 6.00. The molecule has 1 aliphatic heterocycles. The Balaban J connectivity index is 1.31. The summed E-state index contributed by atoms with van der Waals surface area (Å²) >= 11 is 0. The van der Waals surface area contributed by atoms with Crippen LogP contribution in [0.25, 0.3) is 0 Å². The zero-order valence-electron chi connectivity index (χ0n) is 20.6. The molecule has 1 aliphatic rings. The molecule has 2 amide bonds. The maximum atomic E-state index is 13.1. The number of hydrogen-bond donors (Lipinski definition) is 1. The van der Waals surface area contributed by atoms with E-state index < -0.39 is 5.92 Å². The van der Waals surface area contributed by atoms with Crippen LogP contribution >= 0.6 is 0 Å². The molecule has 9 heteroatoms. The van der Waals surface area contributed by atoms with Crippen LogP contribution in [0.2, 0.25) is 0 Å². The summed E-state index contributed by atoms with van der Waals surface area (Å²) in [6.07, 6.45) is 1.60. The van der Waals surface area contributed by atoms with Crippen molar-refractivity contribution >= 4 is 23.7 Å². The van der Waals surface area contributed by atoms with Crippen LogP contribution in [0.1, 0.15) is 24.5 Å². The van der Waals surface area contributed by atoms with E-state index in [0.717, 1.165) is 17.0 Å². The Morgan fingerprint density at radius 3 is 2.54 bits per heavy atom. The minimum atomic E-state index is -0.506. The lowest BCUT2D eigenvalue weighted by molar-refractivity contribution is -0.126. The van der Waals surface area contributed by atoms with E-state index in [1.807, 2.05) is 19.1 Å². The van der Waals surface area contributed by atoms with Crippen molar-refractivity contribution < 1.29 is 28.2 Å². The lowest BCUT2D eigenvalue weighted by atomic mass is 10.1. The predicted molar refractivity (Wildman–Crippen MR) is 138 cm³/mol. The van der Waals surface area contributed by atoms with Gasteiger partial charge < -0.3 is 19.1 Å². The maximum Gasteiger partial charge on any atom is 0.245 e. The van der Waals surface area contributed by atoms with E-state index in [1.54, 1.807) is 47.4 Å². The standard InChI is InChI=1S/C28H28FN3O5/c1-3-36-24-11-9-23(10-12-24)32-17-21(15-27(32)33)28(34)31-30-16-20-6-13-25(26(14-20)35-2)37-18-19-4-7-22(29)8-5-19/h4-14,16,21H,3,15,17-18H2,1-2H3,(H,31,34)/b30-16-/t21-/m0/s1. The number of anilines is 1. The fourth-order valence-electron chi connectivity index (χ4n) is 3.91. The molecule has 0 bridgehead atoms. The van der Waals surface area contributed by atoms with Gasteiger partial charge in [0, 0.05) is 18.7 Å². The number of methoxy groups -OCH3 is 1. The number of nitrogens with zero attached hydrogens (tertiary/aromatic N) is 2. The van der Waals surface area contributed by atoms with Gasteiger partial charge in [-0.15, -0.1) is 0 Å². The quantitative estimate of drug-likeness (QED) is 0.328. The third kappa shape index (κ3) is 6.63. The van der Waals surface area contributed by atoms with E-state index in [9.17, 15) is 14.0 Å². The van der Waals surface area contributed by atoms with Crippen molar-refractivity contribution in [1.29, 1.82) is 0 Å². The highest BCUT2D eigenvalue weighted by Crippen LogP contribution is 2.29. The van der Waals surface area contributed by atoms with Crippen LogP contribution < -0.4 is 24.5 Å². The minimum Gasteiger partial charge on any atom is -0.494 e. The smallest absolute Gasteiger partial charge is 0.245 e. The molecule has 1 N–H and O–H groups in total. The maximum absolute atomic E-state index is 13.1. The van der Waals surface area contributed by atoms with Crippen LogP contribution in [0.3, 0.4) is 0 Å². The number of carbonyl (C=O) groups is 2. The Labute approximate surface area is 214 Å². The number of carbonyl (C=O) groups excluding carboxylic acids is 2. The van der Waals surface area contributed by atoms with Gasteiger partial charge in [0.15, 0.2) is 11.5 Å². The number of hydrazone groups is 1. The summed E-state index contributed by atoms with van der Waals surface area (Å²) in [4.78, 5) is 26.7. The SMILES string of the molecule is CCOc1ccc(N2C[C@@H](C(=O)N/N=C\c3ccc(OCc4ccc(F)cc4)c(OC)c3)CC2=O)cc1. The average Bonchev–Trinajstić information content (AvgIpc) is 3.31. The summed E-state index contributed by atoms with van der Waals surface area (Å²) in [6, 6.07) is 18.5. The van der Waals surface area contributed by atoms with E-state index in [0.29, 0.717) is 23.7 Å². The Kier molecular flexibility index (Phi) is 8.35. The summed E-state index contributed by atoms with van der Waals surface area (Å²) in [5.74, 6) is 0.482. The van der Waals surface area contributed by atoms with Gasteiger partial charge in [0.1, 0.15) is 18.2 Å². The summed E-state index contributed by atoms with van der Waals surface area (Å²) in [6.45, 7) is 3.00. The number of nitrogens with one attached hydrogen (secondary N) is 1. The molecule has 8 nitrogen and oxygen atoms in total. The molecule has 37 heavy (non-hydrogen) atoms. The largest absolute Gasteiger partial charge is 0.494 e. The first-order chi connectivity index (χ1) is 18.0. The van der Waals surface area contributed by atoms with Crippen molar-refractivity contribution in [3.63, 3.8) is 0 Å². The normalized spacial score (nSPS) is 15.2. The molecule has 0 aliphatic carbocycles. The number of hydrogen-bond acceptors (Lipinski definition) is 6. The van der Waals surface area contributed by atoms with Gasteiger partial charge in [-0.3, -0.25) is 9.59 Å². The van der Waals surface area contributed by atoms with E-state index in [4.69, 9.17) is 14.2 Å². The molecule has 3 aromatic rings. The molecule has 0 spiro atoms. The molecule has 3 aromatic carbocycles. The van der Waals surface area contributed by atoms with Crippen LogP contribution in [0, 0.1) is 11.7 Å². The molecular formula is C28H28FN3O5. The highest BCUT2D eigenvalue weighted by Gasteiger charge is 2.35. The molecule has 4 rings (SSSR count). The summed E-state index contributed by atoms with van der Waals surface area (Å²) < 4.78 is 29.7. The Morgan fingerprint density at radius 2 is 1.84 bits per heavy atom. The molecule has 0 saturated carbocycles. The van der Waals surface area contributed by atoms with Gasteiger partial charge in [0.05, 0.1) is 25.8 Å². The zero-order chi connectivity index (χ0) is 26.2. The Hall–Kier alpha value is -4.40. The van der Waals surface area contributed by atoms with Crippen molar-refractivity contribution in [3.8, 4) is 17.2 Å². The Bertz CT molecular complexity index is 1260. The molecule has 0 radical (unpaired) electrons. The molecule has 1 atom stereocenters. The van der Waals surface area contributed by atoms with E-state index in [-0.39, 0.29) is 37.2 Å². The number of benzene rings is 3. The molecular weight excluding hydrogens is 477 g/mol. The summed E-state index contributed by atoms with van der Waals surface area (Å²) in [7, 11) is 1.52. The fourth-order valence-corrected chi connectivity index (χ4v) is 3.91. The lowest BCUT2D eigenvalue weighted by Crippen LogP contribution is -2.30. The molecule has 0 aromatic heterocycles. The van der Waals surface area contributed by atoms with Crippen molar-refractivity contribution in [3.05, 3.63) is 83.7 Å². The van der Waals surface area contributed by atoms with E-state index in [2.05, 4.69) is 10.5 Å². The number of rotatable bonds is 10. The number of ether oxygens (including phenoxy) is 3. The van der Waals surface area contributed by atoms with E-state index >= 15 is 0 Å². The van der Waals surface area contributed by atoms with Gasteiger partial charge in [-0.05, 0) is 72.6 Å². The third-order valence-electron chi connectivity index (χ3n) is 5.84. The van der Waals surface area contributed by atoms with Crippen LogP contribution in [0.4, 0.5) is 10.1 Å². The van der Waals surface area contributed by atoms with Gasteiger partial charge in [-0.2, -0.15) is 5.10 Å². The lowest BCUT2D eigenvalue weighted by Gasteiger charge is -2.17. The molecule has 0 unspecified atom stereocenters. The molecule has 1 saturated heterocycles. The second-order valence-corrected chi connectivity index (χ2v) is 8.39. The van der Waals surface area contributed by atoms with Gasteiger partial charge in [-0.25, -0.2) is 9.82 Å². The monoisotopic (exact) mass is 505 g/mol. The van der Waals surface area contributed by atoms with E-state index in [1.165, 1.54) is 25.5 Å². The molecule has 1 heterocycles. The first kappa shape index (κ1) is 25.7. The number of amides is 2. The average molecular weight is 506 g/mol. The van der Waals surface area contributed by atoms with Gasteiger partial charge in [0.25, 0.3) is 0 Å². The minimum absolute atomic E-state index is 0.114. The zero-order valence-corrected chi connectivity index (χ0v) is 20.6. The van der Waals surface area contributed by atoms with Gasteiger partial charge in [0.2, 0.25) is 11.8 Å². The fraction of sp³-hybridized carbons (Fsp3) is 0.250. The molecule has 192 valence electrons. The molecule has 1 fully saturated rings. The van der Waals surface area contributed by atoms with Crippen molar-refractivity contribution in [2.75, 3.05) is 25.2 Å². The predicted octanol–water partition coefficient (Wildman–Crippen LogP) is 4.32. The van der Waals surface area contributed by atoms with Crippen molar-refractivity contribution in [2.45, 2.75) is 20.0 Å². The number of halogens is 1. The topological polar surface area (TPSA) is 89.5 Å². The summed E-state index contributed by atoms with van der Waals surface area (Å²) in [5.41, 5.74) is 4.75. The van der Waals surface area contributed by atoms with Crippen LogP contribution in [-0.2, 0) is 16.2 Å². The second-order valence-electron chi connectivity index (χ2n) is 8.39. The van der Waals surface area contributed by atoms with Crippen molar-refractivity contribution in [1.82, 2.24) is 5.43 Å². The van der Waals surface area contributed by atoms with Crippen molar-refractivity contribution in [2.24, 2.45) is 11.0 Å². The Morgan fingerprint density at radius 1 is 1.08 bits per heavy atom. The second kappa shape index (κ2) is 12.0. The van der Waals surface area contributed by atoms with Gasteiger partial charge >= 0.3 is 0 Å². The highest BCUT2D eigenvalue weighted by atomic mass is 19.1. The van der Waals surface area contributed by atoms with Crippen LogP contribution in [0.15, 0.2) is 71.8 Å².